The number of hydrogen-bond donors (Lipinski definition) is 1. The van der Waals surface area contributed by atoms with Gasteiger partial charge in [-0.05, 0) is 28.1 Å². The predicted octanol–water partition coefficient (Wildman–Crippen LogP) is 0.646. The number of methoxy groups -OCH3 is 1. The van der Waals surface area contributed by atoms with Crippen molar-refractivity contribution >= 4 is 27.7 Å². The third-order valence-electron chi connectivity index (χ3n) is 3.07. The van der Waals surface area contributed by atoms with Gasteiger partial charge in [-0.25, -0.2) is 0 Å². The van der Waals surface area contributed by atoms with Crippen molar-refractivity contribution in [3.63, 3.8) is 0 Å². The highest BCUT2D eigenvalue weighted by Crippen LogP contribution is 2.14. The molecule has 1 aromatic heterocycles. The fourth-order valence-electron chi connectivity index (χ4n) is 1.95. The predicted molar refractivity (Wildman–Crippen MR) is 76.9 cm³/mol. The monoisotopic (exact) mass is 360 g/mol. The maximum atomic E-state index is 11.8. The van der Waals surface area contributed by atoms with Crippen molar-refractivity contribution in [1.29, 1.82) is 0 Å². The van der Waals surface area contributed by atoms with Crippen molar-refractivity contribution in [3.8, 4) is 0 Å². The Bertz CT molecular complexity index is 505. The van der Waals surface area contributed by atoms with Crippen LogP contribution >= 0.6 is 15.9 Å². The minimum atomic E-state index is -0.315. The Morgan fingerprint density at radius 3 is 3.05 bits per heavy atom. The fraction of sp³-hybridized carbons (Fsp3) is 0.538. The quantitative estimate of drug-likeness (QED) is 0.805. The molecule has 0 spiro atoms. The highest BCUT2D eigenvalue weighted by atomic mass is 79.9. The Morgan fingerprint density at radius 1 is 1.57 bits per heavy atom. The molecule has 2 rings (SSSR count). The zero-order chi connectivity index (χ0) is 15.2. The SMILES string of the molecule is COCCN1CC(CNC(=O)c2ccc(Br)o2)OCC1=O. The third kappa shape index (κ3) is 4.55. The number of furan rings is 1. The number of nitrogens with zero attached hydrogens (tertiary/aromatic N) is 1. The van der Waals surface area contributed by atoms with E-state index in [4.69, 9.17) is 13.9 Å². The summed E-state index contributed by atoms with van der Waals surface area (Å²) in [5.41, 5.74) is 0. The van der Waals surface area contributed by atoms with Gasteiger partial charge in [-0.3, -0.25) is 9.59 Å². The molecule has 1 unspecified atom stereocenters. The maximum absolute atomic E-state index is 11.8. The van der Waals surface area contributed by atoms with E-state index >= 15 is 0 Å². The molecule has 0 aliphatic carbocycles. The second kappa shape index (κ2) is 7.58. The molecule has 1 aromatic rings. The molecule has 21 heavy (non-hydrogen) atoms. The minimum absolute atomic E-state index is 0.0244. The van der Waals surface area contributed by atoms with Gasteiger partial charge < -0.3 is 24.1 Å². The summed E-state index contributed by atoms with van der Waals surface area (Å²) in [7, 11) is 1.59. The Kier molecular flexibility index (Phi) is 5.77. The van der Waals surface area contributed by atoms with Crippen LogP contribution in [-0.4, -0.2) is 62.8 Å². The van der Waals surface area contributed by atoms with E-state index in [1.807, 2.05) is 0 Å². The van der Waals surface area contributed by atoms with Crippen molar-refractivity contribution in [2.24, 2.45) is 0 Å². The highest BCUT2D eigenvalue weighted by molar-refractivity contribution is 9.10. The molecule has 1 fully saturated rings. The van der Waals surface area contributed by atoms with E-state index in [2.05, 4.69) is 21.2 Å². The van der Waals surface area contributed by atoms with E-state index in [1.165, 1.54) is 0 Å². The first kappa shape index (κ1) is 16.0. The van der Waals surface area contributed by atoms with Gasteiger partial charge in [-0.1, -0.05) is 0 Å². The molecule has 0 saturated carbocycles. The molecule has 1 N–H and O–H groups in total. The van der Waals surface area contributed by atoms with Crippen molar-refractivity contribution in [3.05, 3.63) is 22.6 Å². The molecule has 7 nitrogen and oxygen atoms in total. The molecular weight excluding hydrogens is 344 g/mol. The first-order chi connectivity index (χ1) is 10.1. The molecule has 2 amide bonds. The average molecular weight is 361 g/mol. The molecule has 0 radical (unpaired) electrons. The molecule has 8 heteroatoms. The summed E-state index contributed by atoms with van der Waals surface area (Å²) in [5.74, 6) is -0.153. The van der Waals surface area contributed by atoms with Crippen LogP contribution in [0.25, 0.3) is 0 Å². The molecule has 1 aliphatic heterocycles. The van der Waals surface area contributed by atoms with Crippen LogP contribution in [0.4, 0.5) is 0 Å². The number of nitrogens with one attached hydrogen (secondary N) is 1. The van der Waals surface area contributed by atoms with Crippen molar-refractivity contribution in [2.45, 2.75) is 6.10 Å². The van der Waals surface area contributed by atoms with Crippen molar-refractivity contribution < 1.29 is 23.5 Å². The third-order valence-corrected chi connectivity index (χ3v) is 3.50. The molecule has 2 heterocycles. The number of ether oxygens (including phenoxy) is 2. The van der Waals surface area contributed by atoms with Gasteiger partial charge in [0.25, 0.3) is 5.91 Å². The Hall–Kier alpha value is -1.38. The van der Waals surface area contributed by atoms with Crippen LogP contribution in [0.2, 0.25) is 0 Å². The number of hydrogen-bond acceptors (Lipinski definition) is 5. The van der Waals surface area contributed by atoms with Crippen LogP contribution in [0.1, 0.15) is 10.6 Å². The first-order valence-corrected chi connectivity index (χ1v) is 7.31. The molecule has 1 saturated heterocycles. The molecule has 1 atom stereocenters. The van der Waals surface area contributed by atoms with Crippen LogP contribution in [0.5, 0.6) is 0 Å². The van der Waals surface area contributed by atoms with Gasteiger partial charge >= 0.3 is 0 Å². The normalized spacial score (nSPS) is 18.9. The van der Waals surface area contributed by atoms with Gasteiger partial charge in [-0.15, -0.1) is 0 Å². The second-order valence-corrected chi connectivity index (χ2v) is 5.36. The lowest BCUT2D eigenvalue weighted by atomic mass is 10.2. The lowest BCUT2D eigenvalue weighted by Gasteiger charge is -2.32. The van der Waals surface area contributed by atoms with E-state index in [1.54, 1.807) is 24.1 Å². The topological polar surface area (TPSA) is 81.0 Å². The number of rotatable bonds is 6. The molecule has 0 bridgehead atoms. The number of carbonyl (C=O) groups is 2. The summed E-state index contributed by atoms with van der Waals surface area (Å²) in [4.78, 5) is 25.2. The van der Waals surface area contributed by atoms with E-state index in [0.717, 1.165) is 0 Å². The van der Waals surface area contributed by atoms with Gasteiger partial charge in [0.15, 0.2) is 10.4 Å². The Balaban J connectivity index is 1.80. The summed E-state index contributed by atoms with van der Waals surface area (Å²) in [5, 5.41) is 2.73. The van der Waals surface area contributed by atoms with E-state index in [0.29, 0.717) is 30.9 Å². The highest BCUT2D eigenvalue weighted by Gasteiger charge is 2.26. The zero-order valence-electron chi connectivity index (χ0n) is 11.6. The van der Waals surface area contributed by atoms with E-state index < -0.39 is 0 Å². The molecule has 0 aromatic carbocycles. The van der Waals surface area contributed by atoms with Gasteiger partial charge in [-0.2, -0.15) is 0 Å². The minimum Gasteiger partial charge on any atom is -0.444 e. The van der Waals surface area contributed by atoms with Crippen LogP contribution in [0, 0.1) is 0 Å². The van der Waals surface area contributed by atoms with Gasteiger partial charge in [0, 0.05) is 26.7 Å². The fourth-order valence-corrected chi connectivity index (χ4v) is 2.26. The Labute approximate surface area is 130 Å². The number of halogens is 1. The lowest BCUT2D eigenvalue weighted by molar-refractivity contribution is -0.149. The van der Waals surface area contributed by atoms with Gasteiger partial charge in [0.05, 0.1) is 12.7 Å². The Morgan fingerprint density at radius 2 is 2.38 bits per heavy atom. The summed E-state index contributed by atoms with van der Waals surface area (Å²) in [6.07, 6.45) is -0.234. The molecular formula is C13H17BrN2O5. The van der Waals surface area contributed by atoms with Crippen molar-refractivity contribution in [2.75, 3.05) is 40.0 Å². The number of carbonyl (C=O) groups excluding carboxylic acids is 2. The first-order valence-electron chi connectivity index (χ1n) is 6.52. The van der Waals surface area contributed by atoms with Crippen LogP contribution in [-0.2, 0) is 14.3 Å². The molecule has 116 valence electrons. The van der Waals surface area contributed by atoms with Gasteiger partial charge in [0.2, 0.25) is 5.91 Å². The molecule has 1 aliphatic rings. The average Bonchev–Trinajstić information content (AvgIpc) is 2.91. The summed E-state index contributed by atoms with van der Waals surface area (Å²) >= 11 is 3.14. The van der Waals surface area contributed by atoms with Gasteiger partial charge in [0.1, 0.15) is 6.61 Å². The zero-order valence-corrected chi connectivity index (χ0v) is 13.2. The van der Waals surface area contributed by atoms with E-state index in [-0.39, 0.29) is 30.3 Å². The lowest BCUT2D eigenvalue weighted by Crippen LogP contribution is -2.51. The summed E-state index contributed by atoms with van der Waals surface area (Å²) in [6.45, 7) is 1.77. The van der Waals surface area contributed by atoms with E-state index in [9.17, 15) is 9.59 Å². The summed E-state index contributed by atoms with van der Waals surface area (Å²) in [6, 6.07) is 3.23. The maximum Gasteiger partial charge on any atom is 0.287 e. The standard InChI is InChI=1S/C13H17BrN2O5/c1-19-5-4-16-7-9(20-8-12(16)17)6-15-13(18)10-2-3-11(14)21-10/h2-3,9H,4-8H2,1H3,(H,15,18). The largest absolute Gasteiger partial charge is 0.444 e. The summed E-state index contributed by atoms with van der Waals surface area (Å²) < 4.78 is 16.0. The van der Waals surface area contributed by atoms with Crippen LogP contribution in [0.3, 0.4) is 0 Å². The van der Waals surface area contributed by atoms with Crippen LogP contribution < -0.4 is 5.32 Å². The van der Waals surface area contributed by atoms with Crippen LogP contribution in [0.15, 0.2) is 21.2 Å². The smallest absolute Gasteiger partial charge is 0.287 e. The van der Waals surface area contributed by atoms with Crippen molar-refractivity contribution in [1.82, 2.24) is 10.2 Å². The number of morpholine rings is 1. The number of amides is 2. The second-order valence-electron chi connectivity index (χ2n) is 4.58.